The van der Waals surface area contributed by atoms with Crippen LogP contribution in [-0.2, 0) is 25.8 Å². The molecule has 41 heavy (non-hydrogen) atoms. The van der Waals surface area contributed by atoms with Gasteiger partial charge in [-0.25, -0.2) is 4.68 Å². The molecule has 0 saturated heterocycles. The Balaban J connectivity index is 1.57. The molecule has 3 aromatic heterocycles. The van der Waals surface area contributed by atoms with E-state index in [1.54, 1.807) is 29.3 Å². The molecule has 0 fully saturated rings. The van der Waals surface area contributed by atoms with Crippen LogP contribution in [0.3, 0.4) is 0 Å². The van der Waals surface area contributed by atoms with Gasteiger partial charge in [0.25, 0.3) is 5.91 Å². The van der Waals surface area contributed by atoms with Gasteiger partial charge in [0.1, 0.15) is 17.1 Å². The van der Waals surface area contributed by atoms with Gasteiger partial charge in [-0.3, -0.25) is 4.79 Å². The first-order valence-corrected chi connectivity index (χ1v) is 15.1. The van der Waals surface area contributed by atoms with E-state index in [1.165, 1.54) is 0 Å². The first-order chi connectivity index (χ1) is 19.7. The maximum absolute atomic E-state index is 14.3. The van der Waals surface area contributed by atoms with Gasteiger partial charge in [0.2, 0.25) is 0 Å². The summed E-state index contributed by atoms with van der Waals surface area (Å²) in [5.41, 5.74) is 7.44. The molecule has 6 rings (SSSR count). The Morgan fingerprint density at radius 1 is 1.15 bits per heavy atom. The highest BCUT2D eigenvalue weighted by molar-refractivity contribution is 7.13. The number of nitrogens with zero attached hydrogens (tertiary/aromatic N) is 5. The van der Waals surface area contributed by atoms with Gasteiger partial charge >= 0.3 is 0 Å². The minimum atomic E-state index is -0.896. The molecule has 10 heteroatoms. The van der Waals surface area contributed by atoms with Crippen LogP contribution in [-0.4, -0.2) is 72.5 Å². The number of fused-ring (bicyclic) bond motifs is 5. The standard InChI is InChI=1S/C31H37N5O4S/c1-31(2,3)35-11-6-5-8-22-27(26-9-7-13-41-26)28-23-16-24(36-17-20(32-33-36)15-21(38)18-37)25(40-4)14-19(23)10-12-34(28)29(22)30(35)39/h7,9,13-14,16-17,21,37-38H,5-6,8,10-12,15,18H2,1-4H3/t21-/m0/s1. The van der Waals surface area contributed by atoms with E-state index in [0.717, 1.165) is 83.0 Å². The molecule has 0 spiro atoms. The number of carbonyl (C=O) groups is 1. The number of hydrogen-bond donors (Lipinski definition) is 2. The van der Waals surface area contributed by atoms with Gasteiger partial charge in [-0.05, 0) is 81.2 Å². The van der Waals surface area contributed by atoms with Crippen LogP contribution in [0.15, 0.2) is 35.8 Å². The minimum Gasteiger partial charge on any atom is -0.494 e. The molecule has 0 radical (unpaired) electrons. The minimum absolute atomic E-state index is 0.108. The van der Waals surface area contributed by atoms with Gasteiger partial charge in [0, 0.05) is 41.1 Å². The van der Waals surface area contributed by atoms with Crippen molar-refractivity contribution >= 4 is 17.2 Å². The molecule has 1 atom stereocenters. The highest BCUT2D eigenvalue weighted by Gasteiger charge is 2.37. The van der Waals surface area contributed by atoms with E-state index in [4.69, 9.17) is 4.74 Å². The lowest BCUT2D eigenvalue weighted by Crippen LogP contribution is -2.47. The van der Waals surface area contributed by atoms with Crippen molar-refractivity contribution in [1.82, 2.24) is 24.5 Å². The Labute approximate surface area is 244 Å². The van der Waals surface area contributed by atoms with Gasteiger partial charge in [0.05, 0.1) is 37.4 Å². The molecular formula is C31H37N5O4S. The quantitative estimate of drug-likeness (QED) is 0.351. The molecule has 216 valence electrons. The van der Waals surface area contributed by atoms with Crippen molar-refractivity contribution in [3.05, 3.63) is 58.4 Å². The molecule has 2 aliphatic rings. The van der Waals surface area contributed by atoms with Crippen molar-refractivity contribution in [2.45, 2.75) is 71.1 Å². The van der Waals surface area contributed by atoms with Crippen molar-refractivity contribution in [3.8, 4) is 33.1 Å². The van der Waals surface area contributed by atoms with E-state index >= 15 is 0 Å². The SMILES string of the molecule is COc1cc2c(cc1-n1cc(C[C@H](O)CO)nn1)-c1c(-c3cccs3)c3c(n1CC2)C(=O)N(C(C)(C)C)CCCC3. The number of carbonyl (C=O) groups excluding carboxylic acids is 1. The Hall–Kier alpha value is -3.47. The molecule has 1 aromatic carbocycles. The topological polar surface area (TPSA) is 106 Å². The van der Waals surface area contributed by atoms with Gasteiger partial charge < -0.3 is 24.4 Å². The molecule has 0 unspecified atom stereocenters. The summed E-state index contributed by atoms with van der Waals surface area (Å²) in [7, 11) is 1.65. The number of thiophene rings is 1. The van der Waals surface area contributed by atoms with Crippen LogP contribution in [0.25, 0.3) is 27.4 Å². The monoisotopic (exact) mass is 575 g/mol. The summed E-state index contributed by atoms with van der Waals surface area (Å²) in [5.74, 6) is 0.783. The molecule has 2 N–H and O–H groups in total. The Morgan fingerprint density at radius 3 is 2.68 bits per heavy atom. The van der Waals surface area contributed by atoms with E-state index in [-0.39, 0.29) is 24.5 Å². The normalized spacial score (nSPS) is 16.0. The summed E-state index contributed by atoms with van der Waals surface area (Å²) in [4.78, 5) is 17.5. The second kappa shape index (κ2) is 10.7. The summed E-state index contributed by atoms with van der Waals surface area (Å²) in [6.45, 7) is 7.49. The number of aliphatic hydroxyl groups is 2. The zero-order valence-electron chi connectivity index (χ0n) is 24.1. The zero-order valence-corrected chi connectivity index (χ0v) is 24.9. The summed E-state index contributed by atoms with van der Waals surface area (Å²) >= 11 is 1.71. The lowest BCUT2D eigenvalue weighted by molar-refractivity contribution is 0.0558. The molecule has 0 aliphatic carbocycles. The van der Waals surface area contributed by atoms with E-state index in [0.29, 0.717) is 11.4 Å². The van der Waals surface area contributed by atoms with E-state index in [9.17, 15) is 15.0 Å². The maximum Gasteiger partial charge on any atom is 0.271 e. The van der Waals surface area contributed by atoms with Crippen LogP contribution < -0.4 is 4.74 Å². The second-order valence-electron chi connectivity index (χ2n) is 11.9. The van der Waals surface area contributed by atoms with Crippen LogP contribution in [0.1, 0.15) is 60.9 Å². The number of hydrogen-bond acceptors (Lipinski definition) is 7. The molecule has 0 bridgehead atoms. The molecule has 2 aliphatic heterocycles. The van der Waals surface area contributed by atoms with Crippen LogP contribution in [0.5, 0.6) is 5.75 Å². The van der Waals surface area contributed by atoms with Crippen molar-refractivity contribution in [3.63, 3.8) is 0 Å². The number of ether oxygens (including phenoxy) is 1. The predicted molar refractivity (Wildman–Crippen MR) is 159 cm³/mol. The number of rotatable bonds is 6. The van der Waals surface area contributed by atoms with Crippen molar-refractivity contribution in [1.29, 1.82) is 0 Å². The first-order valence-electron chi connectivity index (χ1n) is 14.2. The van der Waals surface area contributed by atoms with Gasteiger partial charge in [-0.1, -0.05) is 11.3 Å². The van der Waals surface area contributed by atoms with Crippen molar-refractivity contribution in [2.75, 3.05) is 20.3 Å². The average molecular weight is 576 g/mol. The average Bonchev–Trinajstić information content (AvgIpc) is 3.69. The van der Waals surface area contributed by atoms with Crippen LogP contribution >= 0.6 is 11.3 Å². The lowest BCUT2D eigenvalue weighted by atomic mass is 9.92. The fourth-order valence-corrected chi connectivity index (χ4v) is 7.02. The first kappa shape index (κ1) is 27.7. The Bertz CT molecular complexity index is 1580. The van der Waals surface area contributed by atoms with Crippen molar-refractivity contribution < 1.29 is 19.7 Å². The lowest BCUT2D eigenvalue weighted by Gasteiger charge is -2.37. The number of aliphatic hydroxyl groups excluding tert-OH is 2. The fourth-order valence-electron chi connectivity index (χ4n) is 6.22. The molecule has 9 nitrogen and oxygen atoms in total. The van der Waals surface area contributed by atoms with E-state index < -0.39 is 6.10 Å². The number of benzene rings is 1. The van der Waals surface area contributed by atoms with E-state index in [1.807, 2.05) is 4.90 Å². The number of aromatic nitrogens is 4. The Kier molecular flexibility index (Phi) is 7.25. The van der Waals surface area contributed by atoms with Crippen LogP contribution in [0.4, 0.5) is 0 Å². The highest BCUT2D eigenvalue weighted by atomic mass is 32.1. The highest BCUT2D eigenvalue weighted by Crippen LogP contribution is 2.47. The molecule has 4 aromatic rings. The van der Waals surface area contributed by atoms with Crippen LogP contribution in [0.2, 0.25) is 0 Å². The summed E-state index contributed by atoms with van der Waals surface area (Å²) in [6.07, 6.45) is 4.71. The number of amides is 1. The summed E-state index contributed by atoms with van der Waals surface area (Å²) in [5, 5.41) is 29.8. The zero-order chi connectivity index (χ0) is 28.9. The van der Waals surface area contributed by atoms with Crippen molar-refractivity contribution in [2.24, 2.45) is 0 Å². The fraction of sp³-hybridized carbons (Fsp3) is 0.452. The molecule has 0 saturated carbocycles. The van der Waals surface area contributed by atoms with Gasteiger partial charge in [-0.2, -0.15) is 0 Å². The van der Waals surface area contributed by atoms with Crippen LogP contribution in [0, 0.1) is 0 Å². The molecule has 1 amide bonds. The molecule has 5 heterocycles. The second-order valence-corrected chi connectivity index (χ2v) is 12.8. The van der Waals surface area contributed by atoms with Gasteiger partial charge in [0.15, 0.2) is 0 Å². The third-order valence-corrected chi connectivity index (χ3v) is 9.04. The predicted octanol–water partition coefficient (Wildman–Crippen LogP) is 4.50. The summed E-state index contributed by atoms with van der Waals surface area (Å²) in [6, 6.07) is 8.39. The smallest absolute Gasteiger partial charge is 0.271 e. The Morgan fingerprint density at radius 2 is 1.98 bits per heavy atom. The maximum atomic E-state index is 14.3. The third kappa shape index (κ3) is 4.87. The largest absolute Gasteiger partial charge is 0.494 e. The van der Waals surface area contributed by atoms with Gasteiger partial charge in [-0.15, -0.1) is 16.4 Å². The summed E-state index contributed by atoms with van der Waals surface area (Å²) < 4.78 is 9.73. The molecular weight excluding hydrogens is 538 g/mol. The number of methoxy groups -OCH3 is 1. The van der Waals surface area contributed by atoms with E-state index in [2.05, 4.69) is 65.3 Å². The third-order valence-electron chi connectivity index (χ3n) is 8.16. The number of aryl methyl sites for hydroxylation is 1.